The van der Waals surface area contributed by atoms with Crippen molar-refractivity contribution < 1.29 is 9.90 Å². The minimum atomic E-state index is -1.19. The number of carboxylic acid groups (broad SMARTS) is 1. The number of hydrogen-bond donors (Lipinski definition) is 1. The number of nitrogens with zero attached hydrogens (tertiary/aromatic N) is 2. The Morgan fingerprint density at radius 2 is 2.04 bits per heavy atom. The summed E-state index contributed by atoms with van der Waals surface area (Å²) in [5.41, 5.74) is 1.70. The molecule has 0 spiro atoms. The van der Waals surface area contributed by atoms with Gasteiger partial charge in [-0.2, -0.15) is 0 Å². The Balaban J connectivity index is 1.72. The van der Waals surface area contributed by atoms with Crippen LogP contribution in [0.4, 0.5) is 0 Å². The lowest BCUT2D eigenvalue weighted by Crippen LogP contribution is -2.22. The molecule has 0 unspecified atom stereocenters. The highest BCUT2D eigenvalue weighted by Crippen LogP contribution is 2.29. The average Bonchev–Trinajstić information content (AvgIpc) is 3.02. The summed E-state index contributed by atoms with van der Waals surface area (Å²) in [6.45, 7) is 0. The fourth-order valence-electron chi connectivity index (χ4n) is 2.05. The van der Waals surface area contributed by atoms with E-state index in [-0.39, 0.29) is 5.56 Å². The van der Waals surface area contributed by atoms with Gasteiger partial charge in [0.1, 0.15) is 0 Å². The molecule has 5 nitrogen and oxygen atoms in total. The van der Waals surface area contributed by atoms with Crippen molar-refractivity contribution in [2.45, 2.75) is 10.9 Å². The molecule has 24 heavy (non-hydrogen) atoms. The van der Waals surface area contributed by atoms with E-state index in [4.69, 9.17) is 23.2 Å². The molecular weight excluding hydrogens is 369 g/mol. The minimum absolute atomic E-state index is 0.150. The molecule has 2 aromatic carbocycles. The Hall–Kier alpha value is -2.02. The van der Waals surface area contributed by atoms with Crippen LogP contribution >= 0.6 is 35.0 Å². The van der Waals surface area contributed by atoms with Gasteiger partial charge in [-0.15, -0.1) is 5.10 Å². The number of aromatic carboxylic acids is 1. The number of benzene rings is 2. The number of hydrogen-bond acceptors (Lipinski definition) is 5. The van der Waals surface area contributed by atoms with Crippen LogP contribution in [0.2, 0.25) is 10.0 Å². The highest BCUT2D eigenvalue weighted by atomic mass is 35.5. The van der Waals surface area contributed by atoms with Gasteiger partial charge in [0.2, 0.25) is 5.16 Å². The number of aromatic nitrogens is 3. The van der Waals surface area contributed by atoms with Crippen LogP contribution in [0.15, 0.2) is 47.6 Å². The van der Waals surface area contributed by atoms with E-state index in [1.807, 2.05) is 6.07 Å². The van der Waals surface area contributed by atoms with Crippen LogP contribution in [0.1, 0.15) is 15.9 Å². The average molecular weight is 379 g/mol. The van der Waals surface area contributed by atoms with E-state index in [1.54, 1.807) is 30.3 Å². The molecule has 3 rings (SSSR count). The van der Waals surface area contributed by atoms with Crippen LogP contribution < -0.4 is 5.11 Å². The molecule has 0 aliphatic rings. The number of nitrogens with one attached hydrogen (secondary N) is 1. The number of H-pyrrole nitrogens is 1. The topological polar surface area (TPSA) is 81.7 Å². The second kappa shape index (κ2) is 7.25. The molecule has 8 heteroatoms. The SMILES string of the molecule is O=C([O-])c1cccc(CSc2n[nH]c(-c3ccc(Cl)cc3Cl)n2)c1. The first kappa shape index (κ1) is 16.8. The van der Waals surface area contributed by atoms with Crippen molar-refractivity contribution >= 4 is 40.9 Å². The summed E-state index contributed by atoms with van der Waals surface area (Å²) in [7, 11) is 0. The zero-order chi connectivity index (χ0) is 17.1. The van der Waals surface area contributed by atoms with Crippen LogP contribution in [0.5, 0.6) is 0 Å². The molecule has 122 valence electrons. The maximum absolute atomic E-state index is 10.9. The van der Waals surface area contributed by atoms with Crippen LogP contribution in [0.25, 0.3) is 11.4 Å². The van der Waals surface area contributed by atoms with Crippen LogP contribution in [-0.2, 0) is 5.75 Å². The Labute approximate surface area is 152 Å². The summed E-state index contributed by atoms with van der Waals surface area (Å²) in [6.07, 6.45) is 0. The number of carbonyl (C=O) groups is 1. The quantitative estimate of drug-likeness (QED) is 0.687. The van der Waals surface area contributed by atoms with Crippen LogP contribution in [-0.4, -0.2) is 21.2 Å². The fraction of sp³-hybridized carbons (Fsp3) is 0.0625. The second-order valence-electron chi connectivity index (χ2n) is 4.87. The monoisotopic (exact) mass is 378 g/mol. The molecular formula is C16H10Cl2N3O2S-. The first-order valence-electron chi connectivity index (χ1n) is 6.84. The summed E-state index contributed by atoms with van der Waals surface area (Å²) < 4.78 is 0. The largest absolute Gasteiger partial charge is 0.545 e. The fourth-order valence-corrected chi connectivity index (χ4v) is 3.29. The molecule has 1 aromatic heterocycles. The molecule has 0 aliphatic heterocycles. The van der Waals surface area contributed by atoms with Crippen LogP contribution in [0, 0.1) is 0 Å². The Bertz CT molecular complexity index is 899. The van der Waals surface area contributed by atoms with Gasteiger partial charge in [-0.05, 0) is 35.4 Å². The van der Waals surface area contributed by atoms with E-state index >= 15 is 0 Å². The van der Waals surface area contributed by atoms with Gasteiger partial charge in [0.05, 0.1) is 11.0 Å². The van der Waals surface area contributed by atoms with Gasteiger partial charge in [-0.25, -0.2) is 4.98 Å². The van der Waals surface area contributed by atoms with Gasteiger partial charge in [0, 0.05) is 16.3 Å². The Morgan fingerprint density at radius 3 is 2.79 bits per heavy atom. The Morgan fingerprint density at radius 1 is 1.21 bits per heavy atom. The van der Waals surface area contributed by atoms with Crippen molar-refractivity contribution in [3.8, 4) is 11.4 Å². The summed E-state index contributed by atoms with van der Waals surface area (Å²) >= 11 is 13.4. The standard InChI is InChI=1S/C16H11Cl2N3O2S/c17-11-4-5-12(13(18)7-11)14-19-16(21-20-14)24-8-9-2-1-3-10(6-9)15(22)23/h1-7H,8H2,(H,22,23)(H,19,20,21)/p-1. The number of carbonyl (C=O) groups excluding carboxylic acids is 1. The summed E-state index contributed by atoms with van der Waals surface area (Å²) in [5, 5.41) is 19.4. The molecule has 0 radical (unpaired) electrons. The molecule has 0 saturated heterocycles. The molecule has 0 amide bonds. The lowest BCUT2D eigenvalue weighted by atomic mass is 10.1. The Kier molecular flexibility index (Phi) is 5.08. The zero-order valence-electron chi connectivity index (χ0n) is 12.1. The third-order valence-electron chi connectivity index (χ3n) is 3.18. The molecule has 0 aliphatic carbocycles. The third-order valence-corrected chi connectivity index (χ3v) is 4.65. The van der Waals surface area contributed by atoms with Crippen molar-refractivity contribution in [3.63, 3.8) is 0 Å². The summed E-state index contributed by atoms with van der Waals surface area (Å²) in [6, 6.07) is 11.7. The lowest BCUT2D eigenvalue weighted by molar-refractivity contribution is -0.255. The van der Waals surface area contributed by atoms with Crippen molar-refractivity contribution in [1.82, 2.24) is 15.2 Å². The first-order chi connectivity index (χ1) is 11.5. The van der Waals surface area contributed by atoms with E-state index in [2.05, 4.69) is 15.2 Å². The molecule has 0 atom stereocenters. The highest BCUT2D eigenvalue weighted by Gasteiger charge is 2.10. The lowest BCUT2D eigenvalue weighted by Gasteiger charge is -2.04. The number of carboxylic acids is 1. The highest BCUT2D eigenvalue weighted by molar-refractivity contribution is 7.98. The third kappa shape index (κ3) is 3.90. The number of aromatic amines is 1. The van der Waals surface area contributed by atoms with E-state index in [9.17, 15) is 9.90 Å². The van der Waals surface area contributed by atoms with E-state index in [0.29, 0.717) is 32.3 Å². The molecule has 1 N–H and O–H groups in total. The van der Waals surface area contributed by atoms with Gasteiger partial charge in [0.15, 0.2) is 5.82 Å². The van der Waals surface area contributed by atoms with E-state index in [1.165, 1.54) is 17.8 Å². The normalized spacial score (nSPS) is 10.8. The maximum atomic E-state index is 10.9. The molecule has 1 heterocycles. The molecule has 0 bridgehead atoms. The van der Waals surface area contributed by atoms with Crippen molar-refractivity contribution in [2.24, 2.45) is 0 Å². The van der Waals surface area contributed by atoms with E-state index in [0.717, 1.165) is 5.56 Å². The number of rotatable bonds is 5. The predicted octanol–water partition coefficient (Wildman–Crippen LogP) is 3.43. The van der Waals surface area contributed by atoms with Gasteiger partial charge in [0.25, 0.3) is 0 Å². The van der Waals surface area contributed by atoms with Gasteiger partial charge < -0.3 is 9.90 Å². The molecule has 0 fully saturated rings. The van der Waals surface area contributed by atoms with Crippen LogP contribution in [0.3, 0.4) is 0 Å². The van der Waals surface area contributed by atoms with E-state index < -0.39 is 5.97 Å². The smallest absolute Gasteiger partial charge is 0.209 e. The summed E-state index contributed by atoms with van der Waals surface area (Å²) in [4.78, 5) is 15.3. The number of halogens is 2. The molecule has 0 saturated carbocycles. The second-order valence-corrected chi connectivity index (χ2v) is 6.65. The van der Waals surface area contributed by atoms with Gasteiger partial charge >= 0.3 is 0 Å². The number of thioether (sulfide) groups is 1. The first-order valence-corrected chi connectivity index (χ1v) is 8.58. The zero-order valence-corrected chi connectivity index (χ0v) is 14.5. The minimum Gasteiger partial charge on any atom is -0.545 e. The molecule has 3 aromatic rings. The predicted molar refractivity (Wildman–Crippen MR) is 92.2 cm³/mol. The summed E-state index contributed by atoms with van der Waals surface area (Å²) in [5.74, 6) is -0.116. The van der Waals surface area contributed by atoms with Gasteiger partial charge in [-0.1, -0.05) is 53.2 Å². The van der Waals surface area contributed by atoms with Crippen molar-refractivity contribution in [2.75, 3.05) is 0 Å². The maximum Gasteiger partial charge on any atom is 0.209 e. The van der Waals surface area contributed by atoms with Crippen molar-refractivity contribution in [1.29, 1.82) is 0 Å². The van der Waals surface area contributed by atoms with Gasteiger partial charge in [-0.3, -0.25) is 5.10 Å². The van der Waals surface area contributed by atoms with Crippen molar-refractivity contribution in [3.05, 3.63) is 63.6 Å².